The van der Waals surface area contributed by atoms with Crippen molar-refractivity contribution in [2.75, 3.05) is 13.1 Å². The van der Waals surface area contributed by atoms with Crippen LogP contribution in [0, 0.1) is 12.8 Å². The van der Waals surface area contributed by atoms with Crippen molar-refractivity contribution in [1.29, 1.82) is 0 Å². The molecule has 0 saturated heterocycles. The summed E-state index contributed by atoms with van der Waals surface area (Å²) in [6, 6.07) is 6.77. The molecule has 0 bridgehead atoms. The molecule has 3 nitrogen and oxygen atoms in total. The van der Waals surface area contributed by atoms with Crippen LogP contribution in [-0.4, -0.2) is 23.9 Å². The van der Waals surface area contributed by atoms with Crippen LogP contribution in [0.5, 0.6) is 0 Å². The van der Waals surface area contributed by atoms with Crippen LogP contribution in [0.15, 0.2) is 27.7 Å². The fourth-order valence-corrected chi connectivity index (χ4v) is 2.55. The van der Waals surface area contributed by atoms with E-state index < -0.39 is 0 Å². The molecule has 0 fully saturated rings. The number of halogens is 1. The number of hydrogen-bond acceptors (Lipinski definition) is 3. The van der Waals surface area contributed by atoms with Gasteiger partial charge in [-0.15, -0.1) is 0 Å². The molecule has 0 aliphatic carbocycles. The molecule has 1 heterocycles. The minimum Gasteiger partial charge on any atom is -0.370 e. The second kappa shape index (κ2) is 5.31. The van der Waals surface area contributed by atoms with Crippen molar-refractivity contribution in [3.63, 3.8) is 0 Å². The molecule has 1 aliphatic heterocycles. The Kier molecular flexibility index (Phi) is 3.95. The summed E-state index contributed by atoms with van der Waals surface area (Å²) in [5.74, 6) is 1.25. The molecule has 0 aromatic heterocycles. The quantitative estimate of drug-likeness (QED) is 0.932. The van der Waals surface area contributed by atoms with Gasteiger partial charge in [0.25, 0.3) is 0 Å². The van der Waals surface area contributed by atoms with Crippen molar-refractivity contribution in [2.45, 2.75) is 26.8 Å². The zero-order chi connectivity index (χ0) is 13.3. The Hall–Kier alpha value is -1.03. The number of aryl methyl sites for hydroxylation is 1. The average Bonchev–Trinajstić information content (AvgIpc) is 2.64. The first-order valence-electron chi connectivity index (χ1n) is 6.31. The number of aliphatic imine (C=N–C) groups is 1. The number of rotatable bonds is 3. The summed E-state index contributed by atoms with van der Waals surface area (Å²) in [7, 11) is 0. The maximum absolute atomic E-state index is 5.99. The highest BCUT2D eigenvalue weighted by molar-refractivity contribution is 9.10. The second-order valence-electron chi connectivity index (χ2n) is 5.27. The van der Waals surface area contributed by atoms with Gasteiger partial charge in [-0.2, -0.15) is 0 Å². The fourth-order valence-electron chi connectivity index (χ4n) is 2.30. The van der Waals surface area contributed by atoms with Crippen LogP contribution in [0.2, 0.25) is 0 Å². The molecular formula is C14H20BrN3. The molecule has 1 aromatic rings. The van der Waals surface area contributed by atoms with Gasteiger partial charge < -0.3 is 10.6 Å². The zero-order valence-electron chi connectivity index (χ0n) is 11.2. The lowest BCUT2D eigenvalue weighted by molar-refractivity contribution is 0.309. The van der Waals surface area contributed by atoms with Crippen molar-refractivity contribution in [3.05, 3.63) is 33.8 Å². The first-order chi connectivity index (χ1) is 8.49. The normalized spacial score (nSPS) is 19.5. The van der Waals surface area contributed by atoms with Crippen LogP contribution in [0.3, 0.4) is 0 Å². The van der Waals surface area contributed by atoms with E-state index in [4.69, 9.17) is 5.73 Å². The minimum absolute atomic E-state index is 0.291. The minimum atomic E-state index is 0.291. The van der Waals surface area contributed by atoms with Crippen molar-refractivity contribution in [2.24, 2.45) is 16.6 Å². The molecule has 2 N–H and O–H groups in total. The summed E-state index contributed by atoms with van der Waals surface area (Å²) >= 11 is 3.54. The Bertz CT molecular complexity index is 468. The molecule has 98 valence electrons. The summed E-state index contributed by atoms with van der Waals surface area (Å²) in [5, 5.41) is 0. The molecule has 1 aromatic carbocycles. The molecule has 1 atom stereocenters. The van der Waals surface area contributed by atoms with E-state index in [0.717, 1.165) is 17.6 Å². The van der Waals surface area contributed by atoms with Gasteiger partial charge in [0, 0.05) is 11.0 Å². The lowest BCUT2D eigenvalue weighted by Crippen LogP contribution is -2.38. The number of benzene rings is 1. The van der Waals surface area contributed by atoms with Gasteiger partial charge in [-0.3, -0.25) is 4.99 Å². The number of hydrogen-bond donors (Lipinski definition) is 1. The zero-order valence-corrected chi connectivity index (χ0v) is 12.7. The van der Waals surface area contributed by atoms with Gasteiger partial charge in [0.15, 0.2) is 5.96 Å². The van der Waals surface area contributed by atoms with Crippen LogP contribution in [0.4, 0.5) is 0 Å². The van der Waals surface area contributed by atoms with Gasteiger partial charge in [-0.1, -0.05) is 41.9 Å². The highest BCUT2D eigenvalue weighted by Gasteiger charge is 2.27. The first kappa shape index (κ1) is 13.4. The Balaban J connectivity index is 2.24. The lowest BCUT2D eigenvalue weighted by Gasteiger charge is -2.28. The number of guanidine groups is 1. The third kappa shape index (κ3) is 2.69. The monoisotopic (exact) mass is 309 g/mol. The fraction of sp³-hybridized carbons (Fsp3) is 0.500. The standard InChI is InChI=1S/C14H20BrN3/c1-9(2)8-18-13(7-17-14(18)16)11-4-5-12(15)10(3)6-11/h4-6,9,13H,7-8H2,1-3H3,(H2,16,17). The van der Waals surface area contributed by atoms with Gasteiger partial charge in [0.05, 0.1) is 12.6 Å². The van der Waals surface area contributed by atoms with Crippen LogP contribution < -0.4 is 5.73 Å². The molecule has 0 spiro atoms. The smallest absolute Gasteiger partial charge is 0.191 e. The molecule has 2 rings (SSSR count). The maximum Gasteiger partial charge on any atom is 0.191 e. The van der Waals surface area contributed by atoms with E-state index in [1.165, 1.54) is 11.1 Å². The van der Waals surface area contributed by atoms with Crippen molar-refractivity contribution in [1.82, 2.24) is 4.90 Å². The summed E-state index contributed by atoms with van der Waals surface area (Å²) in [6.07, 6.45) is 0. The second-order valence-corrected chi connectivity index (χ2v) is 6.12. The van der Waals surface area contributed by atoms with Crippen molar-refractivity contribution < 1.29 is 0 Å². The van der Waals surface area contributed by atoms with E-state index in [1.54, 1.807) is 0 Å². The van der Waals surface area contributed by atoms with E-state index in [9.17, 15) is 0 Å². The van der Waals surface area contributed by atoms with Gasteiger partial charge >= 0.3 is 0 Å². The van der Waals surface area contributed by atoms with Gasteiger partial charge in [0.1, 0.15) is 0 Å². The summed E-state index contributed by atoms with van der Waals surface area (Å²) in [6.45, 7) is 8.24. The Morgan fingerprint density at radius 1 is 1.50 bits per heavy atom. The third-order valence-electron chi connectivity index (χ3n) is 3.23. The Morgan fingerprint density at radius 3 is 2.83 bits per heavy atom. The molecule has 1 aliphatic rings. The Morgan fingerprint density at radius 2 is 2.22 bits per heavy atom. The molecule has 0 saturated carbocycles. The highest BCUT2D eigenvalue weighted by atomic mass is 79.9. The SMILES string of the molecule is Cc1cc(C2CN=C(N)N2CC(C)C)ccc1Br. The molecule has 4 heteroatoms. The Labute approximate surface area is 117 Å². The van der Waals surface area contributed by atoms with E-state index in [0.29, 0.717) is 17.9 Å². The number of nitrogens with two attached hydrogens (primary N) is 1. The maximum atomic E-state index is 5.99. The van der Waals surface area contributed by atoms with Crippen LogP contribution >= 0.6 is 15.9 Å². The average molecular weight is 310 g/mol. The summed E-state index contributed by atoms with van der Waals surface area (Å²) < 4.78 is 1.15. The van der Waals surface area contributed by atoms with Gasteiger partial charge in [-0.05, 0) is 30.0 Å². The molecular weight excluding hydrogens is 290 g/mol. The number of nitrogens with zero attached hydrogens (tertiary/aromatic N) is 2. The van der Waals surface area contributed by atoms with Crippen LogP contribution in [-0.2, 0) is 0 Å². The van der Waals surface area contributed by atoms with E-state index in [2.05, 4.69) is 64.8 Å². The molecule has 0 radical (unpaired) electrons. The topological polar surface area (TPSA) is 41.6 Å². The van der Waals surface area contributed by atoms with Gasteiger partial charge in [-0.25, -0.2) is 0 Å². The summed E-state index contributed by atoms with van der Waals surface area (Å²) in [5.41, 5.74) is 8.53. The largest absolute Gasteiger partial charge is 0.370 e. The van der Waals surface area contributed by atoms with E-state index in [-0.39, 0.29) is 0 Å². The molecule has 1 unspecified atom stereocenters. The van der Waals surface area contributed by atoms with Gasteiger partial charge in [0.2, 0.25) is 0 Å². The molecule has 0 amide bonds. The van der Waals surface area contributed by atoms with E-state index in [1.807, 2.05) is 0 Å². The first-order valence-corrected chi connectivity index (χ1v) is 7.11. The predicted octanol–water partition coefficient (Wildman–Crippen LogP) is 3.08. The van der Waals surface area contributed by atoms with E-state index >= 15 is 0 Å². The lowest BCUT2D eigenvalue weighted by atomic mass is 10.0. The summed E-state index contributed by atoms with van der Waals surface area (Å²) in [4.78, 5) is 6.60. The molecule has 18 heavy (non-hydrogen) atoms. The third-order valence-corrected chi connectivity index (χ3v) is 4.12. The van der Waals surface area contributed by atoms with Crippen LogP contribution in [0.1, 0.15) is 31.0 Å². The van der Waals surface area contributed by atoms with Crippen molar-refractivity contribution in [3.8, 4) is 0 Å². The van der Waals surface area contributed by atoms with Crippen LogP contribution in [0.25, 0.3) is 0 Å². The van der Waals surface area contributed by atoms with Crippen molar-refractivity contribution >= 4 is 21.9 Å². The predicted molar refractivity (Wildman–Crippen MR) is 79.7 cm³/mol. The highest BCUT2D eigenvalue weighted by Crippen LogP contribution is 2.29.